The zero-order chi connectivity index (χ0) is 18.8. The van der Waals surface area contributed by atoms with Gasteiger partial charge in [-0.05, 0) is 43.2 Å². The normalized spacial score (nSPS) is 11.0. The molecule has 0 saturated carbocycles. The quantitative estimate of drug-likeness (QED) is 0.493. The fraction of sp³-hybridized carbons (Fsp3) is 0.190. The molecule has 0 aliphatic rings. The second kappa shape index (κ2) is 7.07. The summed E-state index contributed by atoms with van der Waals surface area (Å²) >= 11 is 0. The molecule has 0 unspecified atom stereocenters. The molecule has 136 valence electrons. The SMILES string of the molecule is CCc1cc(=O)oc2cc(OCc3noc(-c4ccc(C)cc4)n3)ccc12. The fourth-order valence-electron chi connectivity index (χ4n) is 2.87. The third-order valence-corrected chi connectivity index (χ3v) is 4.32. The van der Waals surface area contributed by atoms with Crippen LogP contribution in [0.4, 0.5) is 0 Å². The number of nitrogens with zero attached hydrogens (tertiary/aromatic N) is 2. The van der Waals surface area contributed by atoms with Crippen molar-refractivity contribution in [2.24, 2.45) is 0 Å². The highest BCUT2D eigenvalue weighted by Crippen LogP contribution is 2.24. The Morgan fingerprint density at radius 2 is 1.89 bits per heavy atom. The molecule has 0 aliphatic carbocycles. The number of aromatic nitrogens is 2. The third kappa shape index (κ3) is 3.60. The van der Waals surface area contributed by atoms with Crippen LogP contribution in [0, 0.1) is 6.92 Å². The van der Waals surface area contributed by atoms with Crippen molar-refractivity contribution in [1.82, 2.24) is 10.1 Å². The number of aryl methyl sites for hydroxylation is 2. The molecule has 27 heavy (non-hydrogen) atoms. The van der Waals surface area contributed by atoms with Crippen LogP contribution in [0.25, 0.3) is 22.4 Å². The Hall–Kier alpha value is -3.41. The summed E-state index contributed by atoms with van der Waals surface area (Å²) in [6, 6.07) is 14.8. The van der Waals surface area contributed by atoms with Crippen molar-refractivity contribution >= 4 is 11.0 Å². The van der Waals surface area contributed by atoms with Gasteiger partial charge in [-0.3, -0.25) is 0 Å². The lowest BCUT2D eigenvalue weighted by molar-refractivity contribution is 0.287. The molecule has 6 nitrogen and oxygen atoms in total. The Balaban J connectivity index is 1.52. The van der Waals surface area contributed by atoms with E-state index in [2.05, 4.69) is 10.1 Å². The van der Waals surface area contributed by atoms with E-state index < -0.39 is 0 Å². The third-order valence-electron chi connectivity index (χ3n) is 4.32. The highest BCUT2D eigenvalue weighted by Gasteiger charge is 2.10. The van der Waals surface area contributed by atoms with Crippen LogP contribution >= 0.6 is 0 Å². The van der Waals surface area contributed by atoms with Crippen LogP contribution in [-0.4, -0.2) is 10.1 Å². The predicted molar refractivity (Wildman–Crippen MR) is 101 cm³/mol. The number of ether oxygens (including phenoxy) is 1. The first-order valence-corrected chi connectivity index (χ1v) is 8.71. The average molecular weight is 362 g/mol. The van der Waals surface area contributed by atoms with Crippen molar-refractivity contribution in [2.75, 3.05) is 0 Å². The Kier molecular flexibility index (Phi) is 4.46. The summed E-state index contributed by atoms with van der Waals surface area (Å²) in [4.78, 5) is 16.0. The molecule has 4 aromatic rings. The number of hydrogen-bond acceptors (Lipinski definition) is 6. The fourth-order valence-corrected chi connectivity index (χ4v) is 2.87. The summed E-state index contributed by atoms with van der Waals surface area (Å²) in [7, 11) is 0. The smallest absolute Gasteiger partial charge is 0.336 e. The van der Waals surface area contributed by atoms with Gasteiger partial charge in [-0.15, -0.1) is 0 Å². The summed E-state index contributed by atoms with van der Waals surface area (Å²) in [5.41, 5.74) is 3.12. The first kappa shape index (κ1) is 17.0. The van der Waals surface area contributed by atoms with Crippen LogP contribution in [0.2, 0.25) is 0 Å². The van der Waals surface area contributed by atoms with Crippen molar-refractivity contribution in [2.45, 2.75) is 26.9 Å². The van der Waals surface area contributed by atoms with Gasteiger partial charge >= 0.3 is 5.63 Å². The molecule has 2 heterocycles. The van der Waals surface area contributed by atoms with Gasteiger partial charge < -0.3 is 13.7 Å². The van der Waals surface area contributed by atoms with E-state index in [9.17, 15) is 4.79 Å². The van der Waals surface area contributed by atoms with Crippen LogP contribution in [0.15, 0.2) is 62.3 Å². The zero-order valence-electron chi connectivity index (χ0n) is 15.1. The van der Waals surface area contributed by atoms with Gasteiger partial charge in [-0.2, -0.15) is 4.98 Å². The Morgan fingerprint density at radius 1 is 1.07 bits per heavy atom. The first-order valence-electron chi connectivity index (χ1n) is 8.71. The number of benzene rings is 2. The summed E-state index contributed by atoms with van der Waals surface area (Å²) in [5.74, 6) is 1.46. The van der Waals surface area contributed by atoms with Crippen LogP contribution in [0.1, 0.15) is 23.9 Å². The second-order valence-electron chi connectivity index (χ2n) is 6.27. The second-order valence-corrected chi connectivity index (χ2v) is 6.27. The Bertz CT molecular complexity index is 1140. The number of rotatable bonds is 5. The molecule has 0 saturated heterocycles. The summed E-state index contributed by atoms with van der Waals surface area (Å²) in [5, 5.41) is 4.86. The molecule has 0 N–H and O–H groups in total. The lowest BCUT2D eigenvalue weighted by Crippen LogP contribution is -2.01. The van der Waals surface area contributed by atoms with E-state index in [1.807, 2.05) is 50.2 Å². The Morgan fingerprint density at radius 3 is 2.67 bits per heavy atom. The highest BCUT2D eigenvalue weighted by atomic mass is 16.5. The largest absolute Gasteiger partial charge is 0.485 e. The van der Waals surface area contributed by atoms with Crippen LogP contribution in [0.5, 0.6) is 5.75 Å². The monoisotopic (exact) mass is 362 g/mol. The zero-order valence-corrected chi connectivity index (χ0v) is 15.1. The standard InChI is InChI=1S/C21H18N2O4/c1-3-14-10-20(24)26-18-11-16(8-9-17(14)18)25-12-19-22-21(27-23-19)15-6-4-13(2)5-7-15/h4-11H,3,12H2,1-2H3. The van der Waals surface area contributed by atoms with Gasteiger partial charge in [0.25, 0.3) is 5.89 Å². The van der Waals surface area contributed by atoms with E-state index in [0.717, 1.165) is 28.5 Å². The maximum Gasteiger partial charge on any atom is 0.336 e. The van der Waals surface area contributed by atoms with Crippen LogP contribution < -0.4 is 10.4 Å². The molecule has 0 atom stereocenters. The maximum absolute atomic E-state index is 11.7. The lowest BCUT2D eigenvalue weighted by atomic mass is 10.1. The topological polar surface area (TPSA) is 78.4 Å². The molecule has 0 radical (unpaired) electrons. The van der Waals surface area contributed by atoms with Gasteiger partial charge in [0.1, 0.15) is 11.3 Å². The molecule has 0 aliphatic heterocycles. The van der Waals surface area contributed by atoms with E-state index in [4.69, 9.17) is 13.7 Å². The van der Waals surface area contributed by atoms with Gasteiger partial charge in [0.2, 0.25) is 5.82 Å². The van der Waals surface area contributed by atoms with E-state index in [1.54, 1.807) is 6.07 Å². The van der Waals surface area contributed by atoms with E-state index in [-0.39, 0.29) is 12.2 Å². The van der Waals surface area contributed by atoms with Crippen LogP contribution in [0.3, 0.4) is 0 Å². The van der Waals surface area contributed by atoms with Crippen molar-refractivity contribution < 1.29 is 13.7 Å². The first-order chi connectivity index (χ1) is 13.1. The lowest BCUT2D eigenvalue weighted by Gasteiger charge is -2.06. The van der Waals surface area contributed by atoms with Crippen molar-refractivity contribution in [1.29, 1.82) is 0 Å². The van der Waals surface area contributed by atoms with Crippen molar-refractivity contribution in [3.63, 3.8) is 0 Å². The predicted octanol–water partition coefficient (Wildman–Crippen LogP) is 4.29. The van der Waals surface area contributed by atoms with Crippen molar-refractivity contribution in [3.05, 3.63) is 75.9 Å². The highest BCUT2D eigenvalue weighted by molar-refractivity contribution is 5.81. The van der Waals surface area contributed by atoms with Crippen molar-refractivity contribution in [3.8, 4) is 17.2 Å². The molecule has 0 fully saturated rings. The minimum atomic E-state index is -0.364. The van der Waals surface area contributed by atoms with E-state index in [0.29, 0.717) is 23.0 Å². The van der Waals surface area contributed by atoms with Gasteiger partial charge in [0.15, 0.2) is 6.61 Å². The van der Waals surface area contributed by atoms with Gasteiger partial charge in [-0.1, -0.05) is 29.8 Å². The molecule has 2 aromatic carbocycles. The molecule has 0 bridgehead atoms. The van der Waals surface area contributed by atoms with Crippen LogP contribution in [-0.2, 0) is 13.0 Å². The molecule has 6 heteroatoms. The summed E-state index contributed by atoms with van der Waals surface area (Å²) in [6.45, 7) is 4.17. The van der Waals surface area contributed by atoms with E-state index >= 15 is 0 Å². The molecule has 0 amide bonds. The van der Waals surface area contributed by atoms with Gasteiger partial charge in [-0.25, -0.2) is 4.79 Å². The number of hydrogen-bond donors (Lipinski definition) is 0. The summed E-state index contributed by atoms with van der Waals surface area (Å²) in [6.07, 6.45) is 0.757. The maximum atomic E-state index is 11.7. The minimum absolute atomic E-state index is 0.151. The number of fused-ring (bicyclic) bond motifs is 1. The Labute approximate surface area is 155 Å². The minimum Gasteiger partial charge on any atom is -0.485 e. The molecule has 4 rings (SSSR count). The van der Waals surface area contributed by atoms with E-state index in [1.165, 1.54) is 6.07 Å². The molecule has 2 aromatic heterocycles. The molecular formula is C21H18N2O4. The van der Waals surface area contributed by atoms with Gasteiger partial charge in [0.05, 0.1) is 0 Å². The summed E-state index contributed by atoms with van der Waals surface area (Å²) < 4.78 is 16.3. The molecular weight excluding hydrogens is 344 g/mol. The average Bonchev–Trinajstić information content (AvgIpc) is 3.15. The molecule has 0 spiro atoms. The van der Waals surface area contributed by atoms with Gasteiger partial charge in [0, 0.05) is 23.1 Å².